The van der Waals surface area contributed by atoms with E-state index in [1.807, 2.05) is 0 Å². The highest BCUT2D eigenvalue weighted by Gasteiger charge is 2.21. The van der Waals surface area contributed by atoms with Gasteiger partial charge in [-0.25, -0.2) is 0 Å². The maximum Gasteiger partial charge on any atom is 0.000966 e. The molecule has 1 heterocycles. The van der Waals surface area contributed by atoms with E-state index in [2.05, 4.69) is 11.8 Å². The van der Waals surface area contributed by atoms with Crippen LogP contribution in [0.1, 0.15) is 58.3 Å². The number of hydrogen-bond acceptors (Lipinski definition) is 1. The molecular weight excluding hydrogens is 182 g/mol. The molecule has 0 amide bonds. The van der Waals surface area contributed by atoms with E-state index in [1.54, 1.807) is 0 Å². The van der Waals surface area contributed by atoms with Gasteiger partial charge in [-0.15, -0.1) is 0 Å². The zero-order valence-corrected chi connectivity index (χ0v) is 10.4. The summed E-state index contributed by atoms with van der Waals surface area (Å²) >= 11 is 0. The summed E-state index contributed by atoms with van der Waals surface area (Å²) in [6, 6.07) is 0. The molecular formula is C14H27N. The Morgan fingerprint density at radius 3 is 2.13 bits per heavy atom. The molecule has 2 aliphatic rings. The molecule has 2 rings (SSSR count). The normalized spacial score (nSPS) is 27.0. The van der Waals surface area contributed by atoms with Crippen molar-refractivity contribution in [3.05, 3.63) is 0 Å². The molecule has 0 aromatic heterocycles. The van der Waals surface area contributed by atoms with Gasteiger partial charge >= 0.3 is 0 Å². The second-order valence-electron chi connectivity index (χ2n) is 5.66. The van der Waals surface area contributed by atoms with Crippen LogP contribution < -0.4 is 0 Å². The van der Waals surface area contributed by atoms with Crippen molar-refractivity contribution in [2.24, 2.45) is 11.8 Å². The first kappa shape index (κ1) is 11.4. The molecule has 0 aromatic rings. The van der Waals surface area contributed by atoms with Crippen molar-refractivity contribution >= 4 is 0 Å². The van der Waals surface area contributed by atoms with Crippen molar-refractivity contribution in [2.75, 3.05) is 19.6 Å². The molecule has 0 unspecified atom stereocenters. The summed E-state index contributed by atoms with van der Waals surface area (Å²) in [4.78, 5) is 2.74. The quantitative estimate of drug-likeness (QED) is 0.685. The number of piperidine rings is 1. The van der Waals surface area contributed by atoms with E-state index in [0.29, 0.717) is 0 Å². The van der Waals surface area contributed by atoms with E-state index in [9.17, 15) is 0 Å². The van der Waals surface area contributed by atoms with E-state index in [0.717, 1.165) is 11.8 Å². The number of nitrogens with zero attached hydrogens (tertiary/aromatic N) is 1. The van der Waals surface area contributed by atoms with Gasteiger partial charge in [0.25, 0.3) is 0 Å². The Morgan fingerprint density at radius 1 is 0.867 bits per heavy atom. The smallest absolute Gasteiger partial charge is 0.000966 e. The summed E-state index contributed by atoms with van der Waals surface area (Å²) in [5.41, 5.74) is 0. The largest absolute Gasteiger partial charge is 0.303 e. The molecule has 1 heteroatoms. The highest BCUT2D eigenvalue weighted by Crippen LogP contribution is 2.26. The van der Waals surface area contributed by atoms with Gasteiger partial charge in [0.05, 0.1) is 0 Å². The average Bonchev–Trinajstić information content (AvgIpc) is 2.31. The van der Waals surface area contributed by atoms with Crippen molar-refractivity contribution in [1.82, 2.24) is 4.90 Å². The van der Waals surface area contributed by atoms with E-state index >= 15 is 0 Å². The van der Waals surface area contributed by atoms with Crippen LogP contribution in [0.2, 0.25) is 0 Å². The minimum atomic E-state index is 1.03. The summed E-state index contributed by atoms with van der Waals surface area (Å²) in [5, 5.41) is 0. The van der Waals surface area contributed by atoms with Gasteiger partial charge in [-0.3, -0.25) is 0 Å². The van der Waals surface area contributed by atoms with Crippen molar-refractivity contribution < 1.29 is 0 Å². The molecule has 1 nitrogen and oxygen atoms in total. The first-order valence-electron chi connectivity index (χ1n) is 7.11. The van der Waals surface area contributed by atoms with Gasteiger partial charge in [-0.2, -0.15) is 0 Å². The summed E-state index contributed by atoms with van der Waals surface area (Å²) in [6.45, 7) is 6.53. The molecule has 0 radical (unpaired) electrons. The predicted molar refractivity (Wildman–Crippen MR) is 66.0 cm³/mol. The van der Waals surface area contributed by atoms with Crippen LogP contribution in [0, 0.1) is 11.8 Å². The second-order valence-corrected chi connectivity index (χ2v) is 5.66. The summed E-state index contributed by atoms with van der Waals surface area (Å²) in [6.07, 6.45) is 11.8. The zero-order valence-electron chi connectivity index (χ0n) is 10.4. The number of likely N-dealkylation sites (tertiary alicyclic amines) is 1. The maximum absolute atomic E-state index is 2.74. The molecule has 0 N–H and O–H groups in total. The van der Waals surface area contributed by atoms with Gasteiger partial charge in [0.15, 0.2) is 0 Å². The van der Waals surface area contributed by atoms with Gasteiger partial charge in [0.1, 0.15) is 0 Å². The molecule has 88 valence electrons. The molecule has 0 bridgehead atoms. The van der Waals surface area contributed by atoms with Crippen LogP contribution in [0.15, 0.2) is 0 Å². The Labute approximate surface area is 95.2 Å². The number of rotatable bonds is 3. The molecule has 1 aliphatic carbocycles. The second kappa shape index (κ2) is 5.89. The molecule has 1 saturated carbocycles. The van der Waals surface area contributed by atoms with Crippen LogP contribution in [-0.2, 0) is 0 Å². The Bertz CT molecular complexity index is 164. The Kier molecular flexibility index (Phi) is 4.49. The summed E-state index contributed by atoms with van der Waals surface area (Å²) in [5.74, 6) is 2.07. The topological polar surface area (TPSA) is 3.24 Å². The van der Waals surface area contributed by atoms with Crippen LogP contribution in [-0.4, -0.2) is 24.5 Å². The molecule has 0 aromatic carbocycles. The standard InChI is InChI=1S/C14H27N/c1-2-13-8-10-15(11-9-13)12-14-6-4-3-5-7-14/h13-14H,2-12H2,1H3. The van der Waals surface area contributed by atoms with Crippen LogP contribution >= 0.6 is 0 Å². The third-order valence-electron chi connectivity index (χ3n) is 4.53. The molecule has 1 aliphatic heterocycles. The first-order chi connectivity index (χ1) is 7.38. The van der Waals surface area contributed by atoms with Gasteiger partial charge in [-0.1, -0.05) is 32.6 Å². The number of hydrogen-bond donors (Lipinski definition) is 0. The lowest BCUT2D eigenvalue weighted by Crippen LogP contribution is -2.37. The summed E-state index contributed by atoms with van der Waals surface area (Å²) < 4.78 is 0. The Balaban J connectivity index is 1.67. The first-order valence-corrected chi connectivity index (χ1v) is 7.11. The van der Waals surface area contributed by atoms with Crippen molar-refractivity contribution in [1.29, 1.82) is 0 Å². The van der Waals surface area contributed by atoms with E-state index in [4.69, 9.17) is 0 Å². The third-order valence-corrected chi connectivity index (χ3v) is 4.53. The minimum Gasteiger partial charge on any atom is -0.303 e. The highest BCUT2D eigenvalue weighted by molar-refractivity contribution is 4.75. The molecule has 0 spiro atoms. The maximum atomic E-state index is 2.74. The van der Waals surface area contributed by atoms with Crippen molar-refractivity contribution in [2.45, 2.75) is 58.3 Å². The van der Waals surface area contributed by atoms with Crippen molar-refractivity contribution in [3.8, 4) is 0 Å². The van der Waals surface area contributed by atoms with Gasteiger partial charge in [0.2, 0.25) is 0 Å². The molecule has 1 saturated heterocycles. The van der Waals surface area contributed by atoms with Crippen LogP contribution in [0.4, 0.5) is 0 Å². The monoisotopic (exact) mass is 209 g/mol. The lowest BCUT2D eigenvalue weighted by Gasteiger charge is -2.35. The lowest BCUT2D eigenvalue weighted by molar-refractivity contribution is 0.144. The Hall–Kier alpha value is -0.0400. The fourth-order valence-electron chi connectivity index (χ4n) is 3.31. The minimum absolute atomic E-state index is 1.03. The third kappa shape index (κ3) is 3.48. The van der Waals surface area contributed by atoms with Gasteiger partial charge in [-0.05, 0) is 50.6 Å². The van der Waals surface area contributed by atoms with Crippen LogP contribution in [0.5, 0.6) is 0 Å². The summed E-state index contributed by atoms with van der Waals surface area (Å²) in [7, 11) is 0. The molecule has 2 fully saturated rings. The average molecular weight is 209 g/mol. The predicted octanol–water partition coefficient (Wildman–Crippen LogP) is 3.69. The van der Waals surface area contributed by atoms with Gasteiger partial charge in [0, 0.05) is 6.54 Å². The van der Waals surface area contributed by atoms with Crippen LogP contribution in [0.3, 0.4) is 0 Å². The van der Waals surface area contributed by atoms with E-state index in [1.165, 1.54) is 71.0 Å². The van der Waals surface area contributed by atoms with E-state index < -0.39 is 0 Å². The van der Waals surface area contributed by atoms with Crippen molar-refractivity contribution in [3.63, 3.8) is 0 Å². The van der Waals surface area contributed by atoms with E-state index in [-0.39, 0.29) is 0 Å². The molecule has 0 atom stereocenters. The van der Waals surface area contributed by atoms with Crippen LogP contribution in [0.25, 0.3) is 0 Å². The SMILES string of the molecule is CCC1CCN(CC2CCCCC2)CC1. The Morgan fingerprint density at radius 2 is 1.53 bits per heavy atom. The molecule has 15 heavy (non-hydrogen) atoms. The fraction of sp³-hybridized carbons (Fsp3) is 1.00. The zero-order chi connectivity index (χ0) is 10.5. The van der Waals surface area contributed by atoms with Gasteiger partial charge < -0.3 is 4.90 Å². The fourth-order valence-corrected chi connectivity index (χ4v) is 3.31. The highest BCUT2D eigenvalue weighted by atomic mass is 15.1. The lowest BCUT2D eigenvalue weighted by atomic mass is 9.87.